The number of rotatable bonds is 3. The van der Waals surface area contributed by atoms with Crippen LogP contribution in [0.15, 0.2) is 30.3 Å². The van der Waals surface area contributed by atoms with E-state index in [9.17, 15) is 0 Å². The molecule has 5 heteroatoms. The van der Waals surface area contributed by atoms with Crippen molar-refractivity contribution in [1.82, 2.24) is 4.90 Å². The summed E-state index contributed by atoms with van der Waals surface area (Å²) in [4.78, 5) is 20.8. The SMILES string of the molecule is CC(CN1CCCCC1)c1ccccc1.O=C(O)C(=O)O. The summed E-state index contributed by atoms with van der Waals surface area (Å²) in [5.41, 5.74) is 1.48. The van der Waals surface area contributed by atoms with Gasteiger partial charge in [0.2, 0.25) is 0 Å². The molecule has 1 fully saturated rings. The molecule has 2 N–H and O–H groups in total. The van der Waals surface area contributed by atoms with E-state index in [1.54, 1.807) is 0 Å². The molecule has 1 aliphatic rings. The summed E-state index contributed by atoms with van der Waals surface area (Å²) in [6.07, 6.45) is 4.21. The van der Waals surface area contributed by atoms with Crippen LogP contribution >= 0.6 is 0 Å². The number of piperidine rings is 1. The predicted molar refractivity (Wildman–Crippen MR) is 80.4 cm³/mol. The summed E-state index contributed by atoms with van der Waals surface area (Å²) >= 11 is 0. The maximum Gasteiger partial charge on any atom is 0.414 e. The lowest BCUT2D eigenvalue weighted by Gasteiger charge is -2.29. The van der Waals surface area contributed by atoms with Crippen molar-refractivity contribution in [2.75, 3.05) is 19.6 Å². The van der Waals surface area contributed by atoms with Gasteiger partial charge in [0, 0.05) is 6.54 Å². The number of hydrogen-bond donors (Lipinski definition) is 2. The third-order valence-corrected chi connectivity index (χ3v) is 3.53. The molecule has 1 aliphatic heterocycles. The fourth-order valence-electron chi connectivity index (χ4n) is 2.42. The standard InChI is InChI=1S/C14H21N.C2H2O4/c1-13(14-8-4-2-5-9-14)12-15-10-6-3-7-11-15;3-1(4)2(5)6/h2,4-5,8-9,13H,3,6-7,10-12H2,1H3;(H,3,4)(H,5,6). The smallest absolute Gasteiger partial charge is 0.414 e. The lowest BCUT2D eigenvalue weighted by molar-refractivity contribution is -0.159. The van der Waals surface area contributed by atoms with Gasteiger partial charge in [0.1, 0.15) is 0 Å². The highest BCUT2D eigenvalue weighted by Crippen LogP contribution is 2.18. The number of carbonyl (C=O) groups is 2. The fraction of sp³-hybridized carbons (Fsp3) is 0.500. The second-order valence-electron chi connectivity index (χ2n) is 5.28. The van der Waals surface area contributed by atoms with E-state index in [-0.39, 0.29) is 0 Å². The third-order valence-electron chi connectivity index (χ3n) is 3.53. The van der Waals surface area contributed by atoms with Gasteiger partial charge in [-0.05, 0) is 37.4 Å². The van der Waals surface area contributed by atoms with E-state index in [1.807, 2.05) is 0 Å². The Hall–Kier alpha value is -1.88. The Morgan fingerprint density at radius 3 is 2.05 bits per heavy atom. The van der Waals surface area contributed by atoms with Crippen molar-refractivity contribution in [3.63, 3.8) is 0 Å². The van der Waals surface area contributed by atoms with Crippen molar-refractivity contribution >= 4 is 11.9 Å². The van der Waals surface area contributed by atoms with E-state index in [4.69, 9.17) is 19.8 Å². The van der Waals surface area contributed by atoms with Gasteiger partial charge in [-0.15, -0.1) is 0 Å². The average Bonchev–Trinajstić information content (AvgIpc) is 2.49. The molecule has 21 heavy (non-hydrogen) atoms. The van der Waals surface area contributed by atoms with Gasteiger partial charge in [-0.3, -0.25) is 0 Å². The zero-order chi connectivity index (χ0) is 15.7. The number of hydrogen-bond acceptors (Lipinski definition) is 3. The minimum atomic E-state index is -1.82. The number of carboxylic acid groups (broad SMARTS) is 2. The molecule has 0 aromatic heterocycles. The minimum Gasteiger partial charge on any atom is -0.473 e. The molecule has 0 amide bonds. The topological polar surface area (TPSA) is 77.8 Å². The van der Waals surface area contributed by atoms with Gasteiger partial charge >= 0.3 is 11.9 Å². The molecule has 1 saturated heterocycles. The van der Waals surface area contributed by atoms with Crippen LogP contribution in [-0.4, -0.2) is 46.7 Å². The summed E-state index contributed by atoms with van der Waals surface area (Å²) in [7, 11) is 0. The number of aliphatic carboxylic acids is 2. The molecule has 0 aliphatic carbocycles. The molecule has 1 aromatic carbocycles. The number of nitrogens with zero attached hydrogens (tertiary/aromatic N) is 1. The van der Waals surface area contributed by atoms with E-state index in [0.717, 1.165) is 0 Å². The van der Waals surface area contributed by atoms with Crippen LogP contribution in [0.4, 0.5) is 0 Å². The van der Waals surface area contributed by atoms with E-state index < -0.39 is 11.9 Å². The quantitative estimate of drug-likeness (QED) is 0.837. The van der Waals surface area contributed by atoms with Crippen LogP contribution in [0.2, 0.25) is 0 Å². The van der Waals surface area contributed by atoms with Gasteiger partial charge in [-0.25, -0.2) is 9.59 Å². The van der Waals surface area contributed by atoms with Crippen LogP contribution in [0.5, 0.6) is 0 Å². The highest BCUT2D eigenvalue weighted by molar-refractivity contribution is 6.27. The normalized spacial score (nSPS) is 16.4. The first-order valence-corrected chi connectivity index (χ1v) is 7.24. The lowest BCUT2D eigenvalue weighted by atomic mass is 9.99. The highest BCUT2D eigenvalue weighted by atomic mass is 16.4. The Labute approximate surface area is 125 Å². The van der Waals surface area contributed by atoms with Crippen molar-refractivity contribution < 1.29 is 19.8 Å². The molecule has 2 rings (SSSR count). The lowest BCUT2D eigenvalue weighted by Crippen LogP contribution is -2.32. The first kappa shape index (κ1) is 17.2. The van der Waals surface area contributed by atoms with Crippen LogP contribution in [0.25, 0.3) is 0 Å². The Balaban J connectivity index is 0.000000315. The summed E-state index contributed by atoms with van der Waals surface area (Å²) < 4.78 is 0. The maximum absolute atomic E-state index is 9.10. The van der Waals surface area contributed by atoms with Crippen LogP contribution in [0.1, 0.15) is 37.7 Å². The van der Waals surface area contributed by atoms with Crippen LogP contribution in [-0.2, 0) is 9.59 Å². The molecule has 0 radical (unpaired) electrons. The van der Waals surface area contributed by atoms with E-state index >= 15 is 0 Å². The Kier molecular flexibility index (Phi) is 7.46. The minimum absolute atomic E-state index is 0.671. The Morgan fingerprint density at radius 2 is 1.57 bits per heavy atom. The summed E-state index contributed by atoms with van der Waals surface area (Å²) in [5, 5.41) is 14.8. The Bertz CT molecular complexity index is 429. The van der Waals surface area contributed by atoms with Gasteiger partial charge < -0.3 is 15.1 Å². The van der Waals surface area contributed by atoms with E-state index in [2.05, 4.69) is 42.2 Å². The Morgan fingerprint density at radius 1 is 1.05 bits per heavy atom. The first-order chi connectivity index (χ1) is 10.0. The van der Waals surface area contributed by atoms with Crippen molar-refractivity contribution in [3.05, 3.63) is 35.9 Å². The second-order valence-corrected chi connectivity index (χ2v) is 5.28. The fourth-order valence-corrected chi connectivity index (χ4v) is 2.42. The molecule has 1 heterocycles. The van der Waals surface area contributed by atoms with E-state index in [1.165, 1.54) is 44.5 Å². The predicted octanol–water partition coefficient (Wildman–Crippen LogP) is 2.43. The molecule has 1 unspecified atom stereocenters. The van der Waals surface area contributed by atoms with Gasteiger partial charge in [-0.1, -0.05) is 43.7 Å². The molecule has 116 valence electrons. The summed E-state index contributed by atoms with van der Waals surface area (Å²) in [5.74, 6) is -2.98. The summed E-state index contributed by atoms with van der Waals surface area (Å²) in [6.45, 7) is 6.17. The van der Waals surface area contributed by atoms with Crippen molar-refractivity contribution in [1.29, 1.82) is 0 Å². The molecule has 1 atom stereocenters. The van der Waals surface area contributed by atoms with Crippen molar-refractivity contribution in [2.24, 2.45) is 0 Å². The summed E-state index contributed by atoms with van der Waals surface area (Å²) in [6, 6.07) is 10.9. The van der Waals surface area contributed by atoms with Crippen LogP contribution in [0, 0.1) is 0 Å². The molecule has 0 bridgehead atoms. The molecule has 1 aromatic rings. The zero-order valence-corrected chi connectivity index (χ0v) is 12.4. The number of benzene rings is 1. The largest absolute Gasteiger partial charge is 0.473 e. The second kappa shape index (κ2) is 9.13. The maximum atomic E-state index is 9.10. The number of carboxylic acids is 2. The molecule has 0 spiro atoms. The molecule has 5 nitrogen and oxygen atoms in total. The van der Waals surface area contributed by atoms with Crippen LogP contribution < -0.4 is 0 Å². The average molecular weight is 293 g/mol. The molecule has 0 saturated carbocycles. The van der Waals surface area contributed by atoms with Crippen LogP contribution in [0.3, 0.4) is 0 Å². The van der Waals surface area contributed by atoms with Crippen molar-refractivity contribution in [2.45, 2.75) is 32.1 Å². The third kappa shape index (κ3) is 6.90. The van der Waals surface area contributed by atoms with Crippen molar-refractivity contribution in [3.8, 4) is 0 Å². The molecular formula is C16H23NO4. The van der Waals surface area contributed by atoms with Gasteiger partial charge in [-0.2, -0.15) is 0 Å². The zero-order valence-electron chi connectivity index (χ0n) is 12.4. The highest BCUT2D eigenvalue weighted by Gasteiger charge is 2.14. The number of likely N-dealkylation sites (tertiary alicyclic amines) is 1. The van der Waals surface area contributed by atoms with Gasteiger partial charge in [0.05, 0.1) is 0 Å². The van der Waals surface area contributed by atoms with Gasteiger partial charge in [0.15, 0.2) is 0 Å². The first-order valence-electron chi connectivity index (χ1n) is 7.24. The monoisotopic (exact) mass is 293 g/mol. The molecular weight excluding hydrogens is 270 g/mol. The van der Waals surface area contributed by atoms with E-state index in [0.29, 0.717) is 5.92 Å². The van der Waals surface area contributed by atoms with Gasteiger partial charge in [0.25, 0.3) is 0 Å².